The summed E-state index contributed by atoms with van der Waals surface area (Å²) < 4.78 is 76.0. The van der Waals surface area contributed by atoms with Crippen molar-refractivity contribution in [3.05, 3.63) is 157 Å². The molecule has 458 valence electrons. The lowest BCUT2D eigenvalue weighted by atomic mass is 9.78. The summed E-state index contributed by atoms with van der Waals surface area (Å²) in [5.41, 5.74) is 11.5. The first kappa shape index (κ1) is 64.0. The van der Waals surface area contributed by atoms with Gasteiger partial charge in [0.1, 0.15) is 36.3 Å². The molecule has 2 unspecified atom stereocenters. The molecule has 86 heavy (non-hydrogen) atoms. The molecule has 14 nitrogen and oxygen atoms in total. The van der Waals surface area contributed by atoms with Crippen LogP contribution in [0.4, 0.5) is 8.78 Å². The molecule has 1 aliphatic heterocycles. The number of halogens is 3. The Balaban J connectivity index is 0.000000168. The maximum absolute atomic E-state index is 14.7. The number of fused-ring (bicyclic) bond motifs is 6. The number of rotatable bonds is 20. The smallest absolute Gasteiger partial charge is 0.493 e. The number of carbonyl (C=O) groups excluding carboxylic acids is 2. The van der Waals surface area contributed by atoms with Crippen LogP contribution in [0.2, 0.25) is 0 Å². The van der Waals surface area contributed by atoms with Crippen LogP contribution in [0.15, 0.2) is 89.7 Å². The highest BCUT2D eigenvalue weighted by Gasteiger charge is 2.61. The van der Waals surface area contributed by atoms with E-state index in [2.05, 4.69) is 25.9 Å². The molecule has 0 spiro atoms. The van der Waals surface area contributed by atoms with Crippen LogP contribution in [0.3, 0.4) is 0 Å². The molecule has 2 N–H and O–H groups in total. The van der Waals surface area contributed by atoms with E-state index in [1.54, 1.807) is 44.4 Å². The van der Waals surface area contributed by atoms with Gasteiger partial charge in [0.15, 0.2) is 0 Å². The molecule has 6 aromatic rings. The Morgan fingerprint density at radius 3 is 1.51 bits per heavy atom. The van der Waals surface area contributed by atoms with Gasteiger partial charge in [0.05, 0.1) is 61.7 Å². The minimum atomic E-state index is -0.563. The molecule has 11 rings (SSSR count). The van der Waals surface area contributed by atoms with E-state index in [-0.39, 0.29) is 72.5 Å². The zero-order valence-electron chi connectivity index (χ0n) is 51.4. The molecule has 2 aromatic heterocycles. The number of aryl methyl sites for hydroxylation is 4. The number of pyridine rings is 2. The molecule has 18 heteroatoms. The SMILES string of the molecule is CCOC(=O)[C@H]1[C@@H]2Cc3cc(OCc4cc(-c5c(C)cc(OCCC(C)O)cc5C)ccc4F)ncc3[C@@H]21.CCOC(=O)[C@H]1[C@@H]2Cc3cc(OCc4cc(B5OC(C)(C)C(C)(C)O5)ccc4F)ncc3[C@@H]21.Cc1cc(OCCC(C)O)cc(C)c1Br. The van der Waals surface area contributed by atoms with Crippen molar-refractivity contribution in [3.8, 4) is 34.4 Å². The summed E-state index contributed by atoms with van der Waals surface area (Å²) in [6.07, 6.45) is 5.71. The van der Waals surface area contributed by atoms with Crippen LogP contribution in [0.5, 0.6) is 23.3 Å². The first-order chi connectivity index (χ1) is 40.9. The first-order valence-electron chi connectivity index (χ1n) is 29.9. The zero-order valence-corrected chi connectivity index (χ0v) is 52.9. The molecule has 3 fully saturated rings. The quantitative estimate of drug-likeness (QED) is 0.0546. The highest BCUT2D eigenvalue weighted by atomic mass is 79.9. The van der Waals surface area contributed by atoms with E-state index < -0.39 is 24.4 Å². The molecule has 0 radical (unpaired) electrons. The normalized spacial score (nSPS) is 21.0. The Morgan fingerprint density at radius 1 is 0.640 bits per heavy atom. The van der Waals surface area contributed by atoms with Crippen LogP contribution in [0.1, 0.15) is 136 Å². The van der Waals surface area contributed by atoms with Crippen molar-refractivity contribution in [2.24, 2.45) is 23.7 Å². The van der Waals surface area contributed by atoms with Gasteiger partial charge in [0.2, 0.25) is 11.8 Å². The number of esters is 2. The van der Waals surface area contributed by atoms with E-state index >= 15 is 0 Å². The van der Waals surface area contributed by atoms with Crippen LogP contribution in [-0.2, 0) is 54.4 Å². The molecule has 0 amide bonds. The minimum absolute atomic E-state index is 0.0437. The number of aromatic nitrogens is 2. The lowest BCUT2D eigenvalue weighted by Gasteiger charge is -2.32. The second kappa shape index (κ2) is 26.9. The monoisotopic (exact) mass is 1240 g/mol. The third-order valence-electron chi connectivity index (χ3n) is 17.3. The van der Waals surface area contributed by atoms with E-state index in [4.69, 9.17) is 42.8 Å². The largest absolute Gasteiger partial charge is 0.494 e. The number of nitrogens with zero attached hydrogens (tertiary/aromatic N) is 2. The van der Waals surface area contributed by atoms with Crippen molar-refractivity contribution >= 4 is 40.4 Å². The predicted molar refractivity (Wildman–Crippen MR) is 328 cm³/mol. The van der Waals surface area contributed by atoms with E-state index in [0.717, 1.165) is 78.8 Å². The Morgan fingerprint density at radius 2 is 1.07 bits per heavy atom. The van der Waals surface area contributed by atoms with Gasteiger partial charge in [0, 0.05) is 64.8 Å². The fraction of sp³-hybridized carbons (Fsp3) is 0.471. The molecule has 4 aliphatic carbocycles. The van der Waals surface area contributed by atoms with E-state index in [1.807, 2.05) is 112 Å². The summed E-state index contributed by atoms with van der Waals surface area (Å²) >= 11 is 3.51. The average Bonchev–Trinajstić information content (AvgIpc) is 1.59. The maximum Gasteiger partial charge on any atom is 0.494 e. The van der Waals surface area contributed by atoms with Gasteiger partial charge in [-0.1, -0.05) is 34.1 Å². The molecule has 1 saturated heterocycles. The summed E-state index contributed by atoms with van der Waals surface area (Å²) in [5.74, 6) is 2.50. The van der Waals surface area contributed by atoms with Gasteiger partial charge >= 0.3 is 19.1 Å². The zero-order chi connectivity index (χ0) is 61.9. The Hall–Kier alpha value is -6.44. The third kappa shape index (κ3) is 14.6. The molecule has 8 atom stereocenters. The van der Waals surface area contributed by atoms with Gasteiger partial charge in [-0.2, -0.15) is 0 Å². The van der Waals surface area contributed by atoms with Crippen molar-refractivity contribution in [1.29, 1.82) is 0 Å². The molecule has 2 saturated carbocycles. The van der Waals surface area contributed by atoms with Gasteiger partial charge in [-0.15, -0.1) is 0 Å². The molecular formula is C68H80BBrF2N2O12. The number of aliphatic hydroxyl groups excluding tert-OH is 2. The fourth-order valence-corrected chi connectivity index (χ4v) is 12.2. The summed E-state index contributed by atoms with van der Waals surface area (Å²) in [4.78, 5) is 33.0. The summed E-state index contributed by atoms with van der Waals surface area (Å²) in [6.45, 7) is 25.1. The van der Waals surface area contributed by atoms with Crippen LogP contribution in [0.25, 0.3) is 11.1 Å². The summed E-state index contributed by atoms with van der Waals surface area (Å²) in [5, 5.41) is 18.6. The van der Waals surface area contributed by atoms with Crippen molar-refractivity contribution in [3.63, 3.8) is 0 Å². The van der Waals surface area contributed by atoms with Crippen molar-refractivity contribution in [2.45, 2.75) is 157 Å². The second-order valence-electron chi connectivity index (χ2n) is 24.4. The minimum Gasteiger partial charge on any atom is -0.493 e. The molecular weight excluding hydrogens is 1170 g/mol. The Bertz CT molecular complexity index is 3390. The lowest BCUT2D eigenvalue weighted by molar-refractivity contribution is -0.146. The first-order valence-corrected chi connectivity index (χ1v) is 30.7. The van der Waals surface area contributed by atoms with E-state index in [1.165, 1.54) is 23.3 Å². The molecule has 4 aromatic carbocycles. The number of benzene rings is 4. The van der Waals surface area contributed by atoms with Crippen LogP contribution in [-0.4, -0.2) is 89.1 Å². The van der Waals surface area contributed by atoms with Gasteiger partial charge in [-0.3, -0.25) is 9.59 Å². The average molecular weight is 1250 g/mol. The number of hydrogen-bond acceptors (Lipinski definition) is 14. The van der Waals surface area contributed by atoms with Crippen LogP contribution in [0, 0.1) is 63.0 Å². The van der Waals surface area contributed by atoms with Gasteiger partial charge in [-0.25, -0.2) is 18.7 Å². The number of ether oxygens (including phenoxy) is 6. The van der Waals surface area contributed by atoms with Crippen molar-refractivity contribution in [2.75, 3.05) is 26.4 Å². The second-order valence-corrected chi connectivity index (χ2v) is 25.2. The van der Waals surface area contributed by atoms with Crippen molar-refractivity contribution < 1.29 is 66.3 Å². The number of hydrogen-bond donors (Lipinski definition) is 2. The summed E-state index contributed by atoms with van der Waals surface area (Å²) in [6, 6.07) is 21.6. The standard InChI is InChI=1S/C31H34FNO5.C25H29BFNO5.C12H17BrO2/c1-5-36-31(35)30-24-13-21-14-27(33-15-25(21)29(24)30)38-16-22-12-20(6-7-26(22)32)28-17(2)10-23(11-18(28)3)37-9-8-19(4)34;1-6-30-23(29)22-17-10-14-11-20(28-12-18(14)21(17)22)31-13-15-9-16(7-8-19(15)27)26-32-24(2,3)25(4,5)33-26;1-8-6-11(7-9(2)12(8)13)15-5-4-10(3)14/h6-7,10-12,14-15,19,24,29-30,34H,5,8-9,13,16H2,1-4H3;7-9,11-12,17,21-22H,6,10,13H2,1-5H3;6-7,10,14H,4-5H2,1-3H3/t19?,24-,29-,30+;17-,21-,22+;/m11./s1. The molecule has 3 heterocycles. The number of carbonyl (C=O) groups is 2. The predicted octanol–water partition coefficient (Wildman–Crippen LogP) is 12.4. The lowest BCUT2D eigenvalue weighted by Crippen LogP contribution is -2.41. The van der Waals surface area contributed by atoms with Gasteiger partial charge in [0.25, 0.3) is 0 Å². The van der Waals surface area contributed by atoms with Crippen LogP contribution < -0.4 is 24.4 Å². The Kier molecular flexibility index (Phi) is 20.0. The maximum atomic E-state index is 14.7. The topological polar surface area (TPSA) is 174 Å². The third-order valence-corrected chi connectivity index (χ3v) is 18.5. The Labute approximate surface area is 512 Å². The van der Waals surface area contributed by atoms with Gasteiger partial charge < -0.3 is 47.9 Å². The van der Waals surface area contributed by atoms with Crippen LogP contribution >= 0.6 is 15.9 Å². The molecule has 0 bridgehead atoms. The number of aliphatic hydroxyl groups is 2. The van der Waals surface area contributed by atoms with Crippen molar-refractivity contribution in [1.82, 2.24) is 9.97 Å². The summed E-state index contributed by atoms with van der Waals surface area (Å²) in [7, 11) is -0.563. The van der Waals surface area contributed by atoms with E-state index in [9.17, 15) is 23.5 Å². The highest BCUT2D eigenvalue weighted by molar-refractivity contribution is 9.10. The van der Waals surface area contributed by atoms with E-state index in [0.29, 0.717) is 68.1 Å². The highest BCUT2D eigenvalue weighted by Crippen LogP contribution is 2.63. The molecule has 5 aliphatic rings. The fourth-order valence-electron chi connectivity index (χ4n) is 11.9. The van der Waals surface area contributed by atoms with Gasteiger partial charge in [-0.05, 0) is 211 Å².